The maximum Gasteiger partial charge on any atom is 0.328 e. The molecule has 0 aromatic heterocycles. The number of aliphatic carboxylic acids is 1. The Labute approximate surface area is 111 Å². The molecule has 1 heterocycles. The topological polar surface area (TPSA) is 57.6 Å². The minimum absolute atomic E-state index is 0.259. The van der Waals surface area contributed by atoms with Gasteiger partial charge in [0.05, 0.1) is 0 Å². The monoisotopic (exact) mass is 257 g/mol. The first-order chi connectivity index (χ1) is 9.16. The first-order valence-electron chi connectivity index (χ1n) is 6.11. The molecular formula is C15H15NO3. The molecule has 4 nitrogen and oxygen atoms in total. The lowest BCUT2D eigenvalue weighted by Crippen LogP contribution is -2.33. The van der Waals surface area contributed by atoms with E-state index in [-0.39, 0.29) is 5.91 Å². The lowest BCUT2D eigenvalue weighted by atomic mass is 9.99. The highest BCUT2D eigenvalue weighted by atomic mass is 16.4. The largest absolute Gasteiger partial charge is 0.478 e. The Hall–Kier alpha value is -2.36. The van der Waals surface area contributed by atoms with Crippen LogP contribution in [0.1, 0.15) is 12.0 Å². The van der Waals surface area contributed by atoms with Gasteiger partial charge in [0, 0.05) is 25.2 Å². The van der Waals surface area contributed by atoms with E-state index < -0.39 is 5.97 Å². The molecule has 1 aromatic carbocycles. The van der Waals surface area contributed by atoms with Gasteiger partial charge < -0.3 is 10.0 Å². The van der Waals surface area contributed by atoms with Gasteiger partial charge in [-0.3, -0.25) is 4.79 Å². The molecule has 1 amide bonds. The van der Waals surface area contributed by atoms with E-state index in [0.717, 1.165) is 18.6 Å². The second kappa shape index (κ2) is 6.00. The number of rotatable bonds is 3. The number of hydrogen-bond donors (Lipinski definition) is 1. The van der Waals surface area contributed by atoms with Crippen molar-refractivity contribution in [3.8, 4) is 0 Å². The van der Waals surface area contributed by atoms with Crippen molar-refractivity contribution in [2.75, 3.05) is 13.1 Å². The molecule has 0 spiro atoms. The number of nitrogens with zero attached hydrogens (tertiary/aromatic N) is 1. The van der Waals surface area contributed by atoms with Crippen LogP contribution in [0.25, 0.3) is 5.57 Å². The van der Waals surface area contributed by atoms with Crippen LogP contribution in [0.5, 0.6) is 0 Å². The number of carbonyl (C=O) groups is 2. The van der Waals surface area contributed by atoms with Gasteiger partial charge in [-0.1, -0.05) is 36.4 Å². The Bertz CT molecular complexity index is 532. The molecule has 1 aromatic rings. The van der Waals surface area contributed by atoms with Crippen molar-refractivity contribution in [1.29, 1.82) is 0 Å². The molecule has 4 heteroatoms. The summed E-state index contributed by atoms with van der Waals surface area (Å²) in [5.41, 5.74) is 2.41. The first kappa shape index (κ1) is 13.1. The molecule has 0 aliphatic carbocycles. The summed E-state index contributed by atoms with van der Waals surface area (Å²) in [5.74, 6) is -1.36. The molecule has 0 unspecified atom stereocenters. The molecule has 19 heavy (non-hydrogen) atoms. The summed E-state index contributed by atoms with van der Waals surface area (Å²) in [4.78, 5) is 23.7. The predicted molar refractivity (Wildman–Crippen MR) is 72.4 cm³/mol. The fourth-order valence-corrected chi connectivity index (χ4v) is 2.03. The van der Waals surface area contributed by atoms with Crippen molar-refractivity contribution in [3.63, 3.8) is 0 Å². The van der Waals surface area contributed by atoms with Crippen LogP contribution in [0.2, 0.25) is 0 Å². The van der Waals surface area contributed by atoms with Crippen molar-refractivity contribution in [2.45, 2.75) is 6.42 Å². The highest BCUT2D eigenvalue weighted by molar-refractivity contribution is 5.94. The van der Waals surface area contributed by atoms with Crippen LogP contribution in [-0.4, -0.2) is 35.0 Å². The van der Waals surface area contributed by atoms with Crippen molar-refractivity contribution in [3.05, 3.63) is 54.1 Å². The van der Waals surface area contributed by atoms with Crippen molar-refractivity contribution < 1.29 is 14.7 Å². The quantitative estimate of drug-likeness (QED) is 0.842. The molecule has 0 saturated carbocycles. The summed E-state index contributed by atoms with van der Waals surface area (Å²) >= 11 is 0. The standard InChI is InChI=1S/C15H15NO3/c17-14(6-7-15(18)19)16-10-8-13(9-11-16)12-4-2-1-3-5-12/h1-8H,9-11H2,(H,18,19)/b7-6+. The minimum atomic E-state index is -1.11. The number of carboxylic acids is 1. The lowest BCUT2D eigenvalue weighted by Gasteiger charge is -2.25. The van der Waals surface area contributed by atoms with Crippen LogP contribution in [0.15, 0.2) is 48.6 Å². The second-order valence-corrected chi connectivity index (χ2v) is 4.30. The maximum atomic E-state index is 11.7. The van der Waals surface area contributed by atoms with Gasteiger partial charge in [0.25, 0.3) is 0 Å². The van der Waals surface area contributed by atoms with E-state index in [2.05, 4.69) is 0 Å². The Morgan fingerprint density at radius 3 is 2.47 bits per heavy atom. The number of carboxylic acid groups (broad SMARTS) is 1. The maximum absolute atomic E-state index is 11.7. The molecule has 0 bridgehead atoms. The van der Waals surface area contributed by atoms with Gasteiger partial charge in [0.2, 0.25) is 5.91 Å². The molecule has 2 rings (SSSR count). The van der Waals surface area contributed by atoms with Crippen molar-refractivity contribution in [2.24, 2.45) is 0 Å². The highest BCUT2D eigenvalue weighted by Crippen LogP contribution is 2.21. The zero-order valence-corrected chi connectivity index (χ0v) is 10.5. The second-order valence-electron chi connectivity index (χ2n) is 4.30. The Balaban J connectivity index is 2.00. The molecule has 0 atom stereocenters. The van der Waals surface area contributed by atoms with Gasteiger partial charge >= 0.3 is 5.97 Å². The molecule has 98 valence electrons. The zero-order chi connectivity index (χ0) is 13.7. The zero-order valence-electron chi connectivity index (χ0n) is 10.5. The number of amides is 1. The van der Waals surface area contributed by atoms with Crippen LogP contribution < -0.4 is 0 Å². The summed E-state index contributed by atoms with van der Waals surface area (Å²) in [6, 6.07) is 10.0. The van der Waals surface area contributed by atoms with Gasteiger partial charge in [-0.15, -0.1) is 0 Å². The van der Waals surface area contributed by atoms with Gasteiger partial charge in [-0.25, -0.2) is 4.79 Å². The normalized spacial score (nSPS) is 15.4. The first-order valence-corrected chi connectivity index (χ1v) is 6.11. The summed E-state index contributed by atoms with van der Waals surface area (Å²) < 4.78 is 0. The lowest BCUT2D eigenvalue weighted by molar-refractivity contribution is -0.132. The van der Waals surface area contributed by atoms with E-state index in [1.165, 1.54) is 11.1 Å². The summed E-state index contributed by atoms with van der Waals surface area (Å²) in [5, 5.41) is 8.48. The van der Waals surface area contributed by atoms with E-state index in [4.69, 9.17) is 5.11 Å². The Kier molecular flexibility index (Phi) is 4.13. The Morgan fingerprint density at radius 2 is 1.89 bits per heavy atom. The van der Waals surface area contributed by atoms with Gasteiger partial charge in [0.15, 0.2) is 0 Å². The molecule has 1 N–H and O–H groups in total. The van der Waals surface area contributed by atoms with Crippen molar-refractivity contribution in [1.82, 2.24) is 4.90 Å². The van der Waals surface area contributed by atoms with Crippen LogP contribution in [0.3, 0.4) is 0 Å². The van der Waals surface area contributed by atoms with E-state index in [9.17, 15) is 9.59 Å². The number of carbonyl (C=O) groups excluding carboxylic acids is 1. The van der Waals surface area contributed by atoms with Crippen LogP contribution in [0.4, 0.5) is 0 Å². The number of hydrogen-bond acceptors (Lipinski definition) is 2. The van der Waals surface area contributed by atoms with Crippen LogP contribution >= 0.6 is 0 Å². The SMILES string of the molecule is O=C(O)/C=C/C(=O)N1CC=C(c2ccccc2)CC1. The molecule has 1 aliphatic rings. The summed E-state index contributed by atoms with van der Waals surface area (Å²) in [6.07, 6.45) is 4.78. The van der Waals surface area contributed by atoms with Crippen molar-refractivity contribution >= 4 is 17.4 Å². The van der Waals surface area contributed by atoms with E-state index in [0.29, 0.717) is 13.1 Å². The minimum Gasteiger partial charge on any atom is -0.478 e. The average molecular weight is 257 g/mol. The fraction of sp³-hybridized carbons (Fsp3) is 0.200. The molecular weight excluding hydrogens is 242 g/mol. The average Bonchev–Trinajstić information content (AvgIpc) is 2.46. The van der Waals surface area contributed by atoms with Gasteiger partial charge in [-0.2, -0.15) is 0 Å². The molecule has 0 fully saturated rings. The number of benzene rings is 1. The smallest absolute Gasteiger partial charge is 0.328 e. The highest BCUT2D eigenvalue weighted by Gasteiger charge is 2.15. The Morgan fingerprint density at radius 1 is 1.16 bits per heavy atom. The molecule has 1 aliphatic heterocycles. The van der Waals surface area contributed by atoms with Gasteiger partial charge in [-0.05, 0) is 17.6 Å². The molecule has 0 radical (unpaired) electrons. The van der Waals surface area contributed by atoms with E-state index >= 15 is 0 Å². The van der Waals surface area contributed by atoms with E-state index in [1.54, 1.807) is 4.90 Å². The third kappa shape index (κ3) is 3.55. The van der Waals surface area contributed by atoms with Crippen LogP contribution in [-0.2, 0) is 9.59 Å². The third-order valence-corrected chi connectivity index (χ3v) is 3.03. The fourth-order valence-electron chi connectivity index (χ4n) is 2.03. The predicted octanol–water partition coefficient (Wildman–Crippen LogP) is 1.94. The third-order valence-electron chi connectivity index (χ3n) is 3.03. The summed E-state index contributed by atoms with van der Waals surface area (Å²) in [7, 11) is 0. The molecule has 0 saturated heterocycles. The van der Waals surface area contributed by atoms with Crippen LogP contribution in [0, 0.1) is 0 Å². The van der Waals surface area contributed by atoms with Gasteiger partial charge in [0.1, 0.15) is 0 Å². The van der Waals surface area contributed by atoms with E-state index in [1.807, 2.05) is 36.4 Å². The summed E-state index contributed by atoms with van der Waals surface area (Å²) in [6.45, 7) is 1.14.